The van der Waals surface area contributed by atoms with Crippen molar-refractivity contribution in [1.82, 2.24) is 0 Å². The highest BCUT2D eigenvalue weighted by Gasteiger charge is 2.61. The first kappa shape index (κ1) is 22.0. The lowest BCUT2D eigenvalue weighted by Crippen LogP contribution is -2.37. The monoisotopic (exact) mass is 488 g/mol. The minimum Gasteiger partial charge on any atom is -0.465 e. The molecule has 1 aromatic heterocycles. The molecule has 2 fully saturated rings. The number of nitrogens with zero attached hydrogens (tertiary/aromatic N) is 2. The summed E-state index contributed by atoms with van der Waals surface area (Å²) in [6, 6.07) is 18.6. The number of benzene rings is 2. The quantitative estimate of drug-likeness (QED) is 0.399. The summed E-state index contributed by atoms with van der Waals surface area (Å²) in [6.45, 7) is 0. The predicted octanol–water partition coefficient (Wildman–Crippen LogP) is 4.46. The molecule has 2 amide bonds. The van der Waals surface area contributed by atoms with E-state index >= 15 is 0 Å². The van der Waals surface area contributed by atoms with Gasteiger partial charge in [-0.2, -0.15) is 0 Å². The van der Waals surface area contributed by atoms with E-state index in [0.29, 0.717) is 10.6 Å². The Morgan fingerprint density at radius 1 is 0.971 bits per heavy atom. The van der Waals surface area contributed by atoms with E-state index in [1.54, 1.807) is 5.06 Å². The van der Waals surface area contributed by atoms with Crippen LogP contribution in [0.3, 0.4) is 0 Å². The molecular formula is C27H24N2O5S. The van der Waals surface area contributed by atoms with E-state index in [9.17, 15) is 14.4 Å². The lowest BCUT2D eigenvalue weighted by Gasteiger charge is -2.28. The van der Waals surface area contributed by atoms with Gasteiger partial charge in [0.1, 0.15) is 10.9 Å². The number of para-hydroxylation sites is 1. The predicted molar refractivity (Wildman–Crippen MR) is 131 cm³/mol. The molecule has 178 valence electrons. The number of anilines is 2. The van der Waals surface area contributed by atoms with Gasteiger partial charge in [0.2, 0.25) is 5.91 Å². The number of hydroxylamine groups is 1. The Hall–Kier alpha value is -3.49. The second-order valence-corrected chi connectivity index (χ2v) is 10.0. The maximum Gasteiger partial charge on any atom is 0.341 e. The third kappa shape index (κ3) is 3.39. The molecular weight excluding hydrogens is 464 g/mol. The van der Waals surface area contributed by atoms with E-state index < -0.39 is 29.9 Å². The van der Waals surface area contributed by atoms with Gasteiger partial charge in [-0.3, -0.25) is 14.4 Å². The van der Waals surface area contributed by atoms with Crippen LogP contribution in [0.4, 0.5) is 10.7 Å². The first-order valence-corrected chi connectivity index (χ1v) is 12.6. The highest BCUT2D eigenvalue weighted by Crippen LogP contribution is 2.50. The molecule has 1 aliphatic carbocycles. The van der Waals surface area contributed by atoms with Gasteiger partial charge in [0.05, 0.1) is 24.4 Å². The molecule has 6 rings (SSSR count). The Labute approximate surface area is 206 Å². The fourth-order valence-corrected chi connectivity index (χ4v) is 6.81. The zero-order valence-corrected chi connectivity index (χ0v) is 20.0. The summed E-state index contributed by atoms with van der Waals surface area (Å²) in [6.07, 6.45) is 2.58. The fraction of sp³-hybridized carbons (Fsp3) is 0.296. The van der Waals surface area contributed by atoms with Crippen molar-refractivity contribution in [3.63, 3.8) is 0 Å². The highest BCUT2D eigenvalue weighted by atomic mass is 32.1. The van der Waals surface area contributed by atoms with Crippen LogP contribution in [0.5, 0.6) is 0 Å². The molecule has 0 radical (unpaired) electrons. The number of methoxy groups -OCH3 is 1. The minimum absolute atomic E-state index is 0.351. The van der Waals surface area contributed by atoms with Crippen LogP contribution in [0.25, 0.3) is 0 Å². The first-order chi connectivity index (χ1) is 17.1. The number of imide groups is 1. The lowest BCUT2D eigenvalue weighted by molar-refractivity contribution is -0.126. The second kappa shape index (κ2) is 8.62. The molecule has 2 aromatic carbocycles. The Kier molecular flexibility index (Phi) is 5.42. The molecule has 3 atom stereocenters. The number of esters is 1. The van der Waals surface area contributed by atoms with E-state index in [2.05, 4.69) is 0 Å². The molecule has 0 saturated carbocycles. The van der Waals surface area contributed by atoms with Gasteiger partial charge in [-0.1, -0.05) is 48.5 Å². The number of fused-ring (bicyclic) bond motifs is 2. The summed E-state index contributed by atoms with van der Waals surface area (Å²) in [5.74, 6) is -2.04. The van der Waals surface area contributed by atoms with Gasteiger partial charge in [0.25, 0.3) is 5.91 Å². The van der Waals surface area contributed by atoms with Crippen molar-refractivity contribution < 1.29 is 24.0 Å². The second-order valence-electron chi connectivity index (χ2n) is 8.96. The van der Waals surface area contributed by atoms with Crippen LogP contribution in [0.15, 0.2) is 60.7 Å². The van der Waals surface area contributed by atoms with Gasteiger partial charge in [-0.05, 0) is 48.9 Å². The van der Waals surface area contributed by atoms with Crippen molar-refractivity contribution >= 4 is 39.8 Å². The maximum absolute atomic E-state index is 14.0. The number of carbonyl (C=O) groups is 3. The largest absolute Gasteiger partial charge is 0.465 e. The molecule has 7 nitrogen and oxygen atoms in total. The third-order valence-corrected chi connectivity index (χ3v) is 8.29. The summed E-state index contributed by atoms with van der Waals surface area (Å²) in [5.41, 5.74) is 2.91. The van der Waals surface area contributed by atoms with Gasteiger partial charge >= 0.3 is 5.97 Å². The Bertz CT molecular complexity index is 1310. The van der Waals surface area contributed by atoms with Crippen molar-refractivity contribution in [2.75, 3.05) is 17.1 Å². The van der Waals surface area contributed by atoms with E-state index in [1.807, 2.05) is 60.7 Å². The molecule has 8 heteroatoms. The van der Waals surface area contributed by atoms with Crippen LogP contribution in [0.1, 0.15) is 45.2 Å². The summed E-state index contributed by atoms with van der Waals surface area (Å²) >= 11 is 1.36. The molecule has 3 aromatic rings. The van der Waals surface area contributed by atoms with Crippen molar-refractivity contribution in [2.45, 2.75) is 37.8 Å². The zero-order valence-electron chi connectivity index (χ0n) is 19.2. The number of carbonyl (C=O) groups excluding carboxylic acids is 3. The van der Waals surface area contributed by atoms with E-state index in [4.69, 9.17) is 9.57 Å². The number of aryl methyl sites for hydroxylation is 1. The highest BCUT2D eigenvalue weighted by molar-refractivity contribution is 7.17. The minimum atomic E-state index is -0.975. The molecule has 3 heterocycles. The van der Waals surface area contributed by atoms with Gasteiger partial charge in [-0.15, -0.1) is 11.3 Å². The van der Waals surface area contributed by atoms with E-state index in [1.165, 1.54) is 23.3 Å². The molecule has 2 saturated heterocycles. The van der Waals surface area contributed by atoms with Crippen LogP contribution < -0.4 is 9.96 Å². The fourth-order valence-electron chi connectivity index (χ4n) is 5.42. The molecule has 0 N–H and O–H groups in total. The number of hydrogen-bond acceptors (Lipinski definition) is 7. The molecule has 35 heavy (non-hydrogen) atoms. The van der Waals surface area contributed by atoms with Crippen LogP contribution in [-0.4, -0.2) is 31.0 Å². The average molecular weight is 489 g/mol. The van der Waals surface area contributed by atoms with Crippen molar-refractivity contribution in [2.24, 2.45) is 5.92 Å². The first-order valence-electron chi connectivity index (χ1n) is 11.8. The SMILES string of the molecule is COC(=O)c1c(N2C(=O)[C@H]3[C@@H](ON(c4ccccc4)[C@H]3c3ccccc3)C2=O)sc2c1CCCC2. The average Bonchev–Trinajstić information content (AvgIpc) is 3.55. The van der Waals surface area contributed by atoms with Gasteiger partial charge in [0.15, 0.2) is 6.10 Å². The summed E-state index contributed by atoms with van der Waals surface area (Å²) in [7, 11) is 1.33. The summed E-state index contributed by atoms with van der Waals surface area (Å²) < 4.78 is 5.07. The number of thiophene rings is 1. The number of rotatable bonds is 4. The third-order valence-electron chi connectivity index (χ3n) is 7.01. The Morgan fingerprint density at radius 3 is 2.37 bits per heavy atom. The van der Waals surface area contributed by atoms with Crippen molar-refractivity contribution in [3.8, 4) is 0 Å². The molecule has 3 aliphatic rings. The summed E-state index contributed by atoms with van der Waals surface area (Å²) in [4.78, 5) is 49.0. The van der Waals surface area contributed by atoms with E-state index in [-0.39, 0.29) is 5.91 Å². The van der Waals surface area contributed by atoms with Crippen LogP contribution in [0, 0.1) is 5.92 Å². The molecule has 0 unspecified atom stereocenters. The molecule has 2 aliphatic heterocycles. The smallest absolute Gasteiger partial charge is 0.341 e. The van der Waals surface area contributed by atoms with Crippen LogP contribution >= 0.6 is 11.3 Å². The zero-order chi connectivity index (χ0) is 24.1. The number of hydrogen-bond donors (Lipinski definition) is 0. The topological polar surface area (TPSA) is 76.2 Å². The molecule has 0 bridgehead atoms. The Morgan fingerprint density at radius 2 is 1.66 bits per heavy atom. The van der Waals surface area contributed by atoms with E-state index in [0.717, 1.165) is 47.4 Å². The number of ether oxygens (including phenoxy) is 1. The van der Waals surface area contributed by atoms with Crippen LogP contribution in [0.2, 0.25) is 0 Å². The Balaban J connectivity index is 1.45. The number of amides is 2. The lowest BCUT2D eigenvalue weighted by atomic mass is 9.90. The van der Waals surface area contributed by atoms with Crippen molar-refractivity contribution in [1.29, 1.82) is 0 Å². The normalized spacial score (nSPS) is 23.4. The molecule has 0 spiro atoms. The van der Waals surface area contributed by atoms with Gasteiger partial charge in [0, 0.05) is 4.88 Å². The van der Waals surface area contributed by atoms with Gasteiger partial charge in [-0.25, -0.2) is 14.8 Å². The van der Waals surface area contributed by atoms with Crippen LogP contribution in [-0.2, 0) is 32.0 Å². The summed E-state index contributed by atoms with van der Waals surface area (Å²) in [5, 5.41) is 2.05. The standard InChI is InChI=1S/C27H24N2O5S/c1-33-27(32)20-18-14-8-9-15-19(18)35-26(20)28-24(30)21-22(16-10-4-2-5-11-16)29(34-23(21)25(28)31)17-12-6-3-7-13-17/h2-7,10-13,21-23H,8-9,14-15H2,1H3/t21-,22+,23-/m1/s1. The maximum atomic E-state index is 14.0. The van der Waals surface area contributed by atoms with Gasteiger partial charge < -0.3 is 4.74 Å². The van der Waals surface area contributed by atoms with Crippen molar-refractivity contribution in [3.05, 3.63) is 82.2 Å².